The van der Waals surface area contributed by atoms with Crippen LogP contribution in [0.4, 0.5) is 0 Å². The van der Waals surface area contributed by atoms with Crippen molar-refractivity contribution in [2.45, 2.75) is 37.6 Å². The third-order valence-electron chi connectivity index (χ3n) is 5.56. The summed E-state index contributed by atoms with van der Waals surface area (Å²) in [6.45, 7) is 0. The summed E-state index contributed by atoms with van der Waals surface area (Å²) in [4.78, 5) is 32.7. The molecule has 30 heavy (non-hydrogen) atoms. The Morgan fingerprint density at radius 3 is 2.67 bits per heavy atom. The van der Waals surface area contributed by atoms with Crippen LogP contribution in [-0.2, 0) is 6.42 Å². The Kier molecular flexibility index (Phi) is 5.93. The molecule has 2 N–H and O–H groups in total. The zero-order valence-corrected chi connectivity index (χ0v) is 16.9. The van der Waals surface area contributed by atoms with Crippen LogP contribution in [-0.4, -0.2) is 23.0 Å². The minimum absolute atomic E-state index is 0.146. The fraction of sp³-hybridized carbons (Fsp3) is 0.292. The molecule has 1 aliphatic carbocycles. The van der Waals surface area contributed by atoms with Crippen LogP contribution in [0.25, 0.3) is 0 Å². The van der Waals surface area contributed by atoms with Gasteiger partial charge in [-0.25, -0.2) is 4.98 Å². The van der Waals surface area contributed by atoms with Gasteiger partial charge in [-0.2, -0.15) is 0 Å². The van der Waals surface area contributed by atoms with Crippen molar-refractivity contribution in [1.82, 2.24) is 15.3 Å². The van der Waals surface area contributed by atoms with Crippen LogP contribution in [0.5, 0.6) is 5.75 Å². The predicted molar refractivity (Wildman–Crippen MR) is 115 cm³/mol. The highest BCUT2D eigenvalue weighted by atomic mass is 16.5. The number of aromatic amines is 1. The van der Waals surface area contributed by atoms with E-state index in [1.165, 1.54) is 12.5 Å². The molecule has 1 heterocycles. The molecular weight excluding hydrogens is 378 g/mol. The summed E-state index contributed by atoms with van der Waals surface area (Å²) < 4.78 is 5.23. The summed E-state index contributed by atoms with van der Waals surface area (Å²) in [7, 11) is 1.57. The number of benzene rings is 2. The maximum Gasteiger partial charge on any atom is 0.251 e. The summed E-state index contributed by atoms with van der Waals surface area (Å²) in [5, 5.41) is 3.10. The smallest absolute Gasteiger partial charge is 0.251 e. The third-order valence-corrected chi connectivity index (χ3v) is 5.56. The Hall–Kier alpha value is -3.41. The van der Waals surface area contributed by atoms with Gasteiger partial charge in [0, 0.05) is 24.0 Å². The minimum atomic E-state index is -0.312. The molecule has 1 aliphatic rings. The van der Waals surface area contributed by atoms with Gasteiger partial charge >= 0.3 is 0 Å². The van der Waals surface area contributed by atoms with Crippen molar-refractivity contribution < 1.29 is 9.53 Å². The van der Waals surface area contributed by atoms with Gasteiger partial charge in [0.05, 0.1) is 18.8 Å². The van der Waals surface area contributed by atoms with E-state index in [9.17, 15) is 9.59 Å². The maximum atomic E-state index is 12.9. The number of hydrogen-bond donors (Lipinski definition) is 2. The lowest BCUT2D eigenvalue weighted by Crippen LogP contribution is -2.31. The maximum absolute atomic E-state index is 12.9. The lowest BCUT2D eigenvalue weighted by molar-refractivity contribution is 0.0936. The molecule has 2 aromatic carbocycles. The van der Waals surface area contributed by atoms with Gasteiger partial charge in [0.25, 0.3) is 11.5 Å². The van der Waals surface area contributed by atoms with Gasteiger partial charge < -0.3 is 15.0 Å². The normalized spacial score (nSPS) is 14.6. The topological polar surface area (TPSA) is 84.1 Å². The number of methoxy groups -OCH3 is 1. The number of ether oxygens (including phenoxy) is 1. The van der Waals surface area contributed by atoms with Gasteiger partial charge in [-0.15, -0.1) is 0 Å². The predicted octanol–water partition coefficient (Wildman–Crippen LogP) is 3.76. The van der Waals surface area contributed by atoms with Crippen LogP contribution in [0.1, 0.15) is 58.7 Å². The number of rotatable bonds is 7. The Balaban J connectivity index is 1.60. The number of carbonyl (C=O) groups is 1. The first-order chi connectivity index (χ1) is 14.6. The van der Waals surface area contributed by atoms with E-state index in [-0.39, 0.29) is 17.5 Å². The van der Waals surface area contributed by atoms with Crippen molar-refractivity contribution in [3.63, 3.8) is 0 Å². The van der Waals surface area contributed by atoms with Crippen molar-refractivity contribution in [3.8, 4) is 5.75 Å². The summed E-state index contributed by atoms with van der Waals surface area (Å²) in [6.07, 6.45) is 3.72. The lowest BCUT2D eigenvalue weighted by atomic mass is 9.85. The number of carbonyl (C=O) groups excluding carboxylic acids is 1. The van der Waals surface area contributed by atoms with Crippen LogP contribution in [0.3, 0.4) is 0 Å². The lowest BCUT2D eigenvalue weighted by Gasteiger charge is -2.25. The molecule has 0 aliphatic heterocycles. The van der Waals surface area contributed by atoms with E-state index in [4.69, 9.17) is 9.72 Å². The molecule has 4 rings (SSSR count). The highest BCUT2D eigenvalue weighted by Gasteiger charge is 2.23. The molecule has 1 fully saturated rings. The standard InChI is InChI=1S/C24H25N3O3/c1-30-20-12-6-11-18(13-20)24(29)26-21(16-7-3-2-4-8-16)14-19-15-22(28)27-23(25-19)17-9-5-10-17/h2-4,6-8,11-13,15,17,21H,5,9-10,14H2,1H3,(H,26,29)(H,25,27,28)/t21-/m1/s1. The van der Waals surface area contributed by atoms with Crippen molar-refractivity contribution in [2.75, 3.05) is 7.11 Å². The van der Waals surface area contributed by atoms with Crippen molar-refractivity contribution in [1.29, 1.82) is 0 Å². The fourth-order valence-corrected chi connectivity index (χ4v) is 3.66. The second-order valence-corrected chi connectivity index (χ2v) is 7.62. The van der Waals surface area contributed by atoms with Gasteiger partial charge in [0.2, 0.25) is 0 Å². The van der Waals surface area contributed by atoms with E-state index in [1.54, 1.807) is 31.4 Å². The molecular formula is C24H25N3O3. The largest absolute Gasteiger partial charge is 0.497 e. The molecule has 1 atom stereocenters. The molecule has 1 amide bonds. The number of nitrogens with one attached hydrogen (secondary N) is 2. The molecule has 0 saturated heterocycles. The van der Waals surface area contributed by atoms with Crippen LogP contribution < -0.4 is 15.6 Å². The minimum Gasteiger partial charge on any atom is -0.497 e. The average Bonchev–Trinajstić information content (AvgIpc) is 2.72. The van der Waals surface area contributed by atoms with Gasteiger partial charge in [-0.1, -0.05) is 42.8 Å². The van der Waals surface area contributed by atoms with Gasteiger partial charge in [0.1, 0.15) is 11.6 Å². The molecule has 6 nitrogen and oxygen atoms in total. The SMILES string of the molecule is COc1cccc(C(=O)N[C@H](Cc2cc(=O)[nH]c(C3CCC3)n2)c2ccccc2)c1. The number of nitrogens with zero attached hydrogens (tertiary/aromatic N) is 1. The van der Waals surface area contributed by atoms with E-state index in [1.807, 2.05) is 30.3 Å². The van der Waals surface area contributed by atoms with Crippen LogP contribution >= 0.6 is 0 Å². The molecule has 0 radical (unpaired) electrons. The first kappa shape index (κ1) is 19.9. The summed E-state index contributed by atoms with van der Waals surface area (Å²) in [5.74, 6) is 1.51. The number of amides is 1. The Morgan fingerprint density at radius 2 is 1.97 bits per heavy atom. The first-order valence-electron chi connectivity index (χ1n) is 10.2. The second kappa shape index (κ2) is 8.95. The van der Waals surface area contributed by atoms with E-state index < -0.39 is 0 Å². The molecule has 6 heteroatoms. The monoisotopic (exact) mass is 403 g/mol. The molecule has 0 spiro atoms. The Morgan fingerprint density at radius 1 is 1.17 bits per heavy atom. The average molecular weight is 403 g/mol. The Bertz CT molecular complexity index is 1070. The van der Waals surface area contributed by atoms with Crippen LogP contribution in [0, 0.1) is 0 Å². The molecule has 1 saturated carbocycles. The molecule has 0 bridgehead atoms. The quantitative estimate of drug-likeness (QED) is 0.629. The van der Waals surface area contributed by atoms with Crippen molar-refractivity contribution in [2.24, 2.45) is 0 Å². The number of hydrogen-bond acceptors (Lipinski definition) is 4. The van der Waals surface area contributed by atoms with Gasteiger partial charge in [-0.3, -0.25) is 9.59 Å². The molecule has 3 aromatic rings. The second-order valence-electron chi connectivity index (χ2n) is 7.62. The van der Waals surface area contributed by atoms with Gasteiger partial charge in [-0.05, 0) is 36.6 Å². The van der Waals surface area contributed by atoms with Crippen molar-refractivity contribution in [3.05, 3.63) is 93.7 Å². The van der Waals surface area contributed by atoms with E-state index >= 15 is 0 Å². The van der Waals surface area contributed by atoms with E-state index in [0.29, 0.717) is 29.3 Å². The molecule has 154 valence electrons. The third kappa shape index (κ3) is 4.59. The molecule has 1 aromatic heterocycles. The van der Waals surface area contributed by atoms with E-state index in [2.05, 4.69) is 10.3 Å². The van der Waals surface area contributed by atoms with Crippen molar-refractivity contribution >= 4 is 5.91 Å². The van der Waals surface area contributed by atoms with E-state index in [0.717, 1.165) is 24.2 Å². The van der Waals surface area contributed by atoms with Crippen LogP contribution in [0.15, 0.2) is 65.5 Å². The first-order valence-corrected chi connectivity index (χ1v) is 10.2. The summed E-state index contributed by atoms with van der Waals surface area (Å²) >= 11 is 0. The summed E-state index contributed by atoms with van der Waals surface area (Å²) in [5.41, 5.74) is 2.01. The van der Waals surface area contributed by atoms with Gasteiger partial charge in [0.15, 0.2) is 0 Å². The highest BCUT2D eigenvalue weighted by molar-refractivity contribution is 5.94. The number of aromatic nitrogens is 2. The van der Waals surface area contributed by atoms with Crippen LogP contribution in [0.2, 0.25) is 0 Å². The fourth-order valence-electron chi connectivity index (χ4n) is 3.66. The highest BCUT2D eigenvalue weighted by Crippen LogP contribution is 2.34. The molecule has 0 unspecified atom stereocenters. The zero-order chi connectivity index (χ0) is 20.9. The summed E-state index contributed by atoms with van der Waals surface area (Å²) in [6, 6.07) is 18.0. The number of H-pyrrole nitrogens is 1. The Labute approximate surface area is 175 Å². The zero-order valence-electron chi connectivity index (χ0n) is 16.9.